The molecule has 2 aromatic rings. The van der Waals surface area contributed by atoms with Crippen LogP contribution in [0.1, 0.15) is 37.2 Å². The molecule has 1 saturated carbocycles. The molecule has 0 atom stereocenters. The van der Waals surface area contributed by atoms with Gasteiger partial charge in [-0.15, -0.1) is 0 Å². The van der Waals surface area contributed by atoms with Crippen molar-refractivity contribution >= 4 is 17.5 Å². The topological polar surface area (TPSA) is 72.9 Å². The van der Waals surface area contributed by atoms with E-state index in [9.17, 15) is 14.7 Å². The number of carbonyl (C=O) groups is 2. The number of carbonyl (C=O) groups excluding carboxylic acids is 2. The molecule has 2 aliphatic rings. The van der Waals surface area contributed by atoms with Crippen molar-refractivity contribution in [1.82, 2.24) is 10.2 Å². The zero-order valence-corrected chi connectivity index (χ0v) is 18.5. The molecule has 0 saturated heterocycles. The van der Waals surface area contributed by atoms with Crippen molar-refractivity contribution in [2.24, 2.45) is 0 Å². The van der Waals surface area contributed by atoms with Crippen LogP contribution in [0.2, 0.25) is 0 Å². The predicted molar refractivity (Wildman–Crippen MR) is 126 cm³/mol. The molecular weight excluding hydrogens is 402 g/mol. The third-order valence-corrected chi connectivity index (χ3v) is 6.63. The number of rotatable bonds is 7. The summed E-state index contributed by atoms with van der Waals surface area (Å²) in [5, 5.41) is 13.4. The molecular formula is C26H31N3O3. The lowest BCUT2D eigenvalue weighted by Gasteiger charge is -2.29. The minimum atomic E-state index is -0.468. The van der Waals surface area contributed by atoms with E-state index >= 15 is 0 Å². The summed E-state index contributed by atoms with van der Waals surface area (Å²) in [6, 6.07) is 20.5. The van der Waals surface area contributed by atoms with Crippen LogP contribution in [0.5, 0.6) is 0 Å². The molecule has 1 aliphatic heterocycles. The first-order chi connectivity index (χ1) is 15.5. The summed E-state index contributed by atoms with van der Waals surface area (Å²) in [4.78, 5) is 28.9. The second-order valence-corrected chi connectivity index (χ2v) is 8.74. The molecule has 1 fully saturated rings. The average molecular weight is 434 g/mol. The highest BCUT2D eigenvalue weighted by atomic mass is 16.3. The lowest BCUT2D eigenvalue weighted by atomic mass is 9.82. The molecule has 0 spiro atoms. The van der Waals surface area contributed by atoms with Crippen LogP contribution >= 0.6 is 0 Å². The van der Waals surface area contributed by atoms with E-state index < -0.39 is 11.7 Å². The number of nitrogens with one attached hydrogen (secondary N) is 1. The second-order valence-electron chi connectivity index (χ2n) is 8.74. The van der Waals surface area contributed by atoms with Gasteiger partial charge in [-0.25, -0.2) is 0 Å². The predicted octanol–water partition coefficient (Wildman–Crippen LogP) is 3.62. The molecule has 0 radical (unpaired) electrons. The Morgan fingerprint density at radius 1 is 1.03 bits per heavy atom. The molecule has 0 aromatic heterocycles. The van der Waals surface area contributed by atoms with Gasteiger partial charge in [0.2, 0.25) is 0 Å². The maximum atomic E-state index is 12.8. The van der Waals surface area contributed by atoms with Crippen molar-refractivity contribution in [3.63, 3.8) is 0 Å². The van der Waals surface area contributed by atoms with Gasteiger partial charge in [-0.3, -0.25) is 9.59 Å². The first kappa shape index (κ1) is 21.9. The molecule has 2 aromatic carbocycles. The first-order valence-electron chi connectivity index (χ1n) is 11.4. The normalized spacial score (nSPS) is 21.0. The highest BCUT2D eigenvalue weighted by Gasteiger charge is 2.35. The van der Waals surface area contributed by atoms with Crippen LogP contribution in [0.3, 0.4) is 0 Å². The van der Waals surface area contributed by atoms with Crippen molar-refractivity contribution in [3.05, 3.63) is 77.6 Å². The van der Waals surface area contributed by atoms with E-state index in [-0.39, 0.29) is 24.1 Å². The molecule has 168 valence electrons. The highest BCUT2D eigenvalue weighted by molar-refractivity contribution is 6.07. The number of anilines is 1. The van der Waals surface area contributed by atoms with Gasteiger partial charge in [0.15, 0.2) is 5.76 Å². The Kier molecular flexibility index (Phi) is 6.78. The SMILES string of the molecule is CN(CCN1CC(C(=O)NC2CCC(c3ccccc3)CC2)=C(O)C1=O)c1ccccc1. The van der Waals surface area contributed by atoms with E-state index in [0.717, 1.165) is 31.4 Å². The fraction of sp³-hybridized carbons (Fsp3) is 0.385. The van der Waals surface area contributed by atoms with Gasteiger partial charge in [0, 0.05) is 31.9 Å². The Hall–Kier alpha value is -3.28. The van der Waals surface area contributed by atoms with E-state index in [2.05, 4.69) is 29.6 Å². The summed E-state index contributed by atoms with van der Waals surface area (Å²) in [5.41, 5.74) is 2.60. The molecule has 6 nitrogen and oxygen atoms in total. The third kappa shape index (κ3) is 4.96. The summed E-state index contributed by atoms with van der Waals surface area (Å²) in [6.45, 7) is 1.20. The number of hydrogen-bond acceptors (Lipinski definition) is 4. The molecule has 6 heteroatoms. The number of likely N-dealkylation sites (N-methyl/N-ethyl adjacent to an activating group) is 1. The Bertz CT molecular complexity index is 966. The van der Waals surface area contributed by atoms with Crippen LogP contribution in [0.4, 0.5) is 5.69 Å². The summed E-state index contributed by atoms with van der Waals surface area (Å²) in [5.74, 6) is -0.674. The molecule has 0 bridgehead atoms. The molecule has 2 N–H and O–H groups in total. The standard InChI is InChI=1S/C26H31N3O3/c1-28(22-10-6-3-7-11-22)16-17-29-18-23(24(30)26(29)32)25(31)27-21-14-12-20(13-15-21)19-8-4-2-5-9-19/h2-11,20-21,30H,12-18H2,1H3,(H,27,31). The van der Waals surface area contributed by atoms with Crippen molar-refractivity contribution in [2.45, 2.75) is 37.6 Å². The maximum absolute atomic E-state index is 12.8. The minimum Gasteiger partial charge on any atom is -0.503 e. The number of aliphatic hydroxyl groups is 1. The molecule has 1 heterocycles. The van der Waals surface area contributed by atoms with Gasteiger partial charge >= 0.3 is 0 Å². The Labute approximate surface area is 189 Å². The van der Waals surface area contributed by atoms with Crippen LogP contribution in [-0.4, -0.2) is 54.5 Å². The maximum Gasteiger partial charge on any atom is 0.289 e. The van der Waals surface area contributed by atoms with Crippen molar-refractivity contribution in [3.8, 4) is 0 Å². The van der Waals surface area contributed by atoms with Gasteiger partial charge < -0.3 is 20.2 Å². The number of nitrogens with zero attached hydrogens (tertiary/aromatic N) is 2. The summed E-state index contributed by atoms with van der Waals surface area (Å²) >= 11 is 0. The van der Waals surface area contributed by atoms with Crippen molar-refractivity contribution in [1.29, 1.82) is 0 Å². The number of hydrogen-bond donors (Lipinski definition) is 2. The number of amides is 2. The van der Waals surface area contributed by atoms with E-state index in [1.165, 1.54) is 10.5 Å². The van der Waals surface area contributed by atoms with Crippen LogP contribution in [0.15, 0.2) is 72.0 Å². The smallest absolute Gasteiger partial charge is 0.289 e. The fourth-order valence-corrected chi connectivity index (χ4v) is 4.63. The monoisotopic (exact) mass is 433 g/mol. The van der Waals surface area contributed by atoms with E-state index in [0.29, 0.717) is 19.0 Å². The Balaban J connectivity index is 1.27. The van der Waals surface area contributed by atoms with Gasteiger partial charge in [0.25, 0.3) is 11.8 Å². The lowest BCUT2D eigenvalue weighted by molar-refractivity contribution is -0.127. The zero-order chi connectivity index (χ0) is 22.5. The van der Waals surface area contributed by atoms with E-state index in [1.807, 2.05) is 48.3 Å². The van der Waals surface area contributed by atoms with Gasteiger partial charge in [-0.1, -0.05) is 48.5 Å². The molecule has 1 aliphatic carbocycles. The Morgan fingerprint density at radius 3 is 2.31 bits per heavy atom. The first-order valence-corrected chi connectivity index (χ1v) is 11.4. The summed E-state index contributed by atoms with van der Waals surface area (Å²) in [6.07, 6.45) is 3.85. The van der Waals surface area contributed by atoms with Gasteiger partial charge in [-0.2, -0.15) is 0 Å². The highest BCUT2D eigenvalue weighted by Crippen LogP contribution is 2.33. The average Bonchev–Trinajstić information content (AvgIpc) is 3.13. The Morgan fingerprint density at radius 2 is 1.66 bits per heavy atom. The lowest BCUT2D eigenvalue weighted by Crippen LogP contribution is -2.40. The number of benzene rings is 2. The van der Waals surface area contributed by atoms with E-state index in [4.69, 9.17) is 0 Å². The quantitative estimate of drug-likeness (QED) is 0.700. The summed E-state index contributed by atoms with van der Waals surface area (Å²) in [7, 11) is 1.96. The van der Waals surface area contributed by atoms with Gasteiger partial charge in [0.1, 0.15) is 0 Å². The number of aliphatic hydroxyl groups excluding tert-OH is 1. The van der Waals surface area contributed by atoms with Crippen LogP contribution in [0, 0.1) is 0 Å². The largest absolute Gasteiger partial charge is 0.503 e. The van der Waals surface area contributed by atoms with Crippen molar-refractivity contribution in [2.75, 3.05) is 31.6 Å². The molecule has 32 heavy (non-hydrogen) atoms. The zero-order valence-electron chi connectivity index (χ0n) is 18.5. The molecule has 0 unspecified atom stereocenters. The fourth-order valence-electron chi connectivity index (χ4n) is 4.63. The second kappa shape index (κ2) is 9.90. The van der Waals surface area contributed by atoms with Gasteiger partial charge in [0.05, 0.1) is 12.1 Å². The van der Waals surface area contributed by atoms with Crippen LogP contribution in [-0.2, 0) is 9.59 Å². The van der Waals surface area contributed by atoms with Crippen LogP contribution < -0.4 is 10.2 Å². The minimum absolute atomic E-state index is 0.0797. The molecule has 2 amide bonds. The van der Waals surface area contributed by atoms with Crippen molar-refractivity contribution < 1.29 is 14.7 Å². The van der Waals surface area contributed by atoms with E-state index in [1.54, 1.807) is 0 Å². The number of para-hydroxylation sites is 1. The third-order valence-electron chi connectivity index (χ3n) is 6.63. The molecule has 4 rings (SSSR count). The van der Waals surface area contributed by atoms with Gasteiger partial charge in [-0.05, 0) is 49.3 Å². The summed E-state index contributed by atoms with van der Waals surface area (Å²) < 4.78 is 0. The van der Waals surface area contributed by atoms with Crippen LogP contribution in [0.25, 0.3) is 0 Å².